The summed E-state index contributed by atoms with van der Waals surface area (Å²) >= 11 is 1.47. The molecule has 1 amide bonds. The monoisotopic (exact) mass is 393 g/mol. The Morgan fingerprint density at radius 3 is 2.73 bits per heavy atom. The summed E-state index contributed by atoms with van der Waals surface area (Å²) < 4.78 is 30.9. The number of hydrogen-bond donors (Lipinski definition) is 0. The fourth-order valence-electron chi connectivity index (χ4n) is 2.44. The average Bonchev–Trinajstić information content (AvgIpc) is 3.24. The molecule has 0 unspecified atom stereocenters. The summed E-state index contributed by atoms with van der Waals surface area (Å²) in [4.78, 5) is 18.8. The molecule has 1 aromatic carbocycles. The van der Waals surface area contributed by atoms with Crippen LogP contribution in [0.3, 0.4) is 0 Å². The maximum Gasteiger partial charge on any atom is 0.295 e. The highest BCUT2D eigenvalue weighted by Gasteiger charge is 2.32. The summed E-state index contributed by atoms with van der Waals surface area (Å²) in [5, 5.41) is 0.708. The highest BCUT2D eigenvalue weighted by Crippen LogP contribution is 2.30. The molecule has 138 valence electrons. The number of carbonyl (C=O) groups excluding carboxylic acids is 1. The van der Waals surface area contributed by atoms with Gasteiger partial charge in [0.2, 0.25) is 10.0 Å². The van der Waals surface area contributed by atoms with Crippen molar-refractivity contribution < 1.29 is 17.6 Å². The number of amidine groups is 1. The number of rotatable bonds is 4. The highest BCUT2D eigenvalue weighted by atomic mass is 32.2. The minimum Gasteiger partial charge on any atom is -0.459 e. The minimum atomic E-state index is -3.55. The van der Waals surface area contributed by atoms with Gasteiger partial charge in [0.1, 0.15) is 0 Å². The molecule has 0 N–H and O–H groups in total. The van der Waals surface area contributed by atoms with Gasteiger partial charge in [0.05, 0.1) is 16.8 Å². The molecule has 26 heavy (non-hydrogen) atoms. The van der Waals surface area contributed by atoms with Crippen LogP contribution < -0.4 is 0 Å². The fourth-order valence-corrected chi connectivity index (χ4v) is 4.41. The van der Waals surface area contributed by atoms with E-state index < -0.39 is 10.0 Å². The van der Waals surface area contributed by atoms with E-state index in [0.717, 1.165) is 4.31 Å². The predicted molar refractivity (Wildman–Crippen MR) is 101 cm³/mol. The second kappa shape index (κ2) is 7.26. The van der Waals surface area contributed by atoms with Crippen LogP contribution >= 0.6 is 11.8 Å². The van der Waals surface area contributed by atoms with Gasteiger partial charge in [-0.15, -0.1) is 0 Å². The molecule has 7 nitrogen and oxygen atoms in total. The van der Waals surface area contributed by atoms with Gasteiger partial charge >= 0.3 is 0 Å². The lowest BCUT2D eigenvalue weighted by molar-refractivity contribution is 0.0825. The highest BCUT2D eigenvalue weighted by molar-refractivity contribution is 8.14. The van der Waals surface area contributed by atoms with Crippen LogP contribution in [0.4, 0.5) is 5.69 Å². The van der Waals surface area contributed by atoms with Crippen LogP contribution in [0.15, 0.2) is 57.0 Å². The van der Waals surface area contributed by atoms with Crippen molar-refractivity contribution >= 4 is 38.5 Å². The van der Waals surface area contributed by atoms with Crippen molar-refractivity contribution in [1.29, 1.82) is 0 Å². The smallest absolute Gasteiger partial charge is 0.295 e. The van der Waals surface area contributed by atoms with Crippen molar-refractivity contribution in [3.05, 3.63) is 48.4 Å². The fraction of sp³-hybridized carbons (Fsp3) is 0.294. The van der Waals surface area contributed by atoms with E-state index >= 15 is 0 Å². The zero-order valence-electron chi connectivity index (χ0n) is 14.6. The van der Waals surface area contributed by atoms with Gasteiger partial charge in [-0.1, -0.05) is 24.8 Å². The van der Waals surface area contributed by atoms with Crippen molar-refractivity contribution in [3.8, 4) is 0 Å². The Morgan fingerprint density at radius 2 is 2.08 bits per heavy atom. The van der Waals surface area contributed by atoms with E-state index in [2.05, 4.69) is 4.99 Å². The number of carbonyl (C=O) groups is 1. The molecule has 3 rings (SSSR count). The van der Waals surface area contributed by atoms with Crippen LogP contribution in [0.1, 0.15) is 17.5 Å². The minimum absolute atomic E-state index is 0.157. The van der Waals surface area contributed by atoms with Crippen LogP contribution in [0.5, 0.6) is 0 Å². The third-order valence-corrected chi connectivity index (χ3v) is 6.66. The van der Waals surface area contributed by atoms with Gasteiger partial charge in [-0.05, 0) is 30.3 Å². The first kappa shape index (κ1) is 18.7. The van der Waals surface area contributed by atoms with Gasteiger partial charge in [-0.2, -0.15) is 0 Å². The largest absolute Gasteiger partial charge is 0.459 e. The maximum absolute atomic E-state index is 12.6. The molecule has 2 heterocycles. The molecule has 0 bridgehead atoms. The summed E-state index contributed by atoms with van der Waals surface area (Å²) in [5.41, 5.74) is 0.474. The number of benzene rings is 1. The Morgan fingerprint density at radius 1 is 1.31 bits per heavy atom. The molecule has 0 saturated carbocycles. The third kappa shape index (κ3) is 3.69. The van der Waals surface area contributed by atoms with Crippen molar-refractivity contribution in [2.75, 3.05) is 20.6 Å². The Hall–Kier alpha value is -2.10. The Balaban J connectivity index is 1.94. The lowest BCUT2D eigenvalue weighted by atomic mass is 10.3. The molecule has 1 atom stereocenters. The second-order valence-corrected chi connectivity index (χ2v) is 9.56. The SMILES string of the molecule is C[C@H]1CN(C(=O)c2ccco2)C(=Nc2cccc(S(=O)(=O)N(C)C)c2)S1. The summed E-state index contributed by atoms with van der Waals surface area (Å²) in [5.74, 6) is -0.0148. The molecule has 1 aliphatic heterocycles. The summed E-state index contributed by atoms with van der Waals surface area (Å²) in [6.45, 7) is 2.52. The first-order chi connectivity index (χ1) is 12.3. The van der Waals surface area contributed by atoms with Gasteiger partial charge < -0.3 is 4.42 Å². The number of thioether (sulfide) groups is 1. The van der Waals surface area contributed by atoms with Crippen LogP contribution in [-0.2, 0) is 10.0 Å². The van der Waals surface area contributed by atoms with Crippen molar-refractivity contribution in [2.45, 2.75) is 17.1 Å². The Bertz CT molecular complexity index is 937. The van der Waals surface area contributed by atoms with Crippen LogP contribution in [0.2, 0.25) is 0 Å². The number of aliphatic imine (C=N–C) groups is 1. The first-order valence-electron chi connectivity index (χ1n) is 7.92. The standard InChI is InChI=1S/C17H19N3O4S2/c1-12-11-20(16(21)15-8-5-9-24-15)17(25-12)18-13-6-4-7-14(10-13)26(22,23)19(2)3/h4-10,12H,11H2,1-3H3/t12-/m0/s1. The van der Waals surface area contributed by atoms with E-state index in [9.17, 15) is 13.2 Å². The van der Waals surface area contributed by atoms with E-state index in [1.165, 1.54) is 44.3 Å². The predicted octanol–water partition coefficient (Wildman–Crippen LogP) is 2.80. The molecule has 1 aromatic heterocycles. The van der Waals surface area contributed by atoms with Crippen molar-refractivity contribution in [2.24, 2.45) is 4.99 Å². The Labute approximate surface area is 156 Å². The van der Waals surface area contributed by atoms with E-state index in [1.54, 1.807) is 29.2 Å². The molecule has 2 aromatic rings. The lowest BCUT2D eigenvalue weighted by Gasteiger charge is -2.15. The van der Waals surface area contributed by atoms with Crippen LogP contribution in [0.25, 0.3) is 0 Å². The lowest BCUT2D eigenvalue weighted by Crippen LogP contribution is -2.32. The first-order valence-corrected chi connectivity index (χ1v) is 10.2. The van der Waals surface area contributed by atoms with Crippen molar-refractivity contribution in [1.82, 2.24) is 9.21 Å². The number of sulfonamides is 1. The molecule has 1 fully saturated rings. The molecule has 0 aliphatic carbocycles. The van der Waals surface area contributed by atoms with E-state index in [4.69, 9.17) is 4.42 Å². The van der Waals surface area contributed by atoms with E-state index in [0.29, 0.717) is 17.4 Å². The number of hydrogen-bond acceptors (Lipinski definition) is 6. The third-order valence-electron chi connectivity index (χ3n) is 3.78. The molecule has 0 spiro atoms. The molecule has 0 radical (unpaired) electrons. The molecule has 9 heteroatoms. The van der Waals surface area contributed by atoms with Crippen molar-refractivity contribution in [3.63, 3.8) is 0 Å². The molecular weight excluding hydrogens is 374 g/mol. The second-order valence-electron chi connectivity index (χ2n) is 6.00. The molecule has 1 aliphatic rings. The number of furan rings is 1. The number of amides is 1. The maximum atomic E-state index is 12.6. The van der Waals surface area contributed by atoms with Gasteiger partial charge in [0.25, 0.3) is 5.91 Å². The Kier molecular flexibility index (Phi) is 5.22. The van der Waals surface area contributed by atoms with Gasteiger partial charge in [-0.25, -0.2) is 17.7 Å². The molecular formula is C17H19N3O4S2. The van der Waals surface area contributed by atoms with Gasteiger partial charge in [-0.3, -0.25) is 9.69 Å². The van der Waals surface area contributed by atoms with Gasteiger partial charge in [0, 0.05) is 25.9 Å². The molecule has 1 saturated heterocycles. The summed E-state index contributed by atoms with van der Waals surface area (Å²) in [7, 11) is -0.591. The normalized spacial score (nSPS) is 19.5. The van der Waals surface area contributed by atoms with E-state index in [-0.39, 0.29) is 21.8 Å². The van der Waals surface area contributed by atoms with Gasteiger partial charge in [0.15, 0.2) is 10.9 Å². The zero-order valence-corrected chi connectivity index (χ0v) is 16.3. The van der Waals surface area contributed by atoms with E-state index in [1.807, 2.05) is 6.92 Å². The zero-order chi connectivity index (χ0) is 18.9. The summed E-state index contributed by atoms with van der Waals surface area (Å²) in [6.07, 6.45) is 1.45. The quantitative estimate of drug-likeness (QED) is 0.798. The summed E-state index contributed by atoms with van der Waals surface area (Å²) in [6, 6.07) is 9.64. The van der Waals surface area contributed by atoms with Crippen LogP contribution in [0, 0.1) is 0 Å². The average molecular weight is 393 g/mol. The number of nitrogens with zero attached hydrogens (tertiary/aromatic N) is 3. The topological polar surface area (TPSA) is 83.2 Å². The van der Waals surface area contributed by atoms with Crippen LogP contribution in [-0.4, -0.2) is 54.6 Å².